The first kappa shape index (κ1) is 95.1. The van der Waals surface area contributed by atoms with Crippen molar-refractivity contribution in [3.05, 3.63) is 0 Å². The summed E-state index contributed by atoms with van der Waals surface area (Å²) in [5.41, 5.74) is 0. The van der Waals surface area contributed by atoms with Crippen molar-refractivity contribution < 1.29 is 80.2 Å². The number of unbranched alkanes of at least 4 members (excludes halogenated alkanes) is 49. The molecule has 576 valence electrons. The van der Waals surface area contributed by atoms with Crippen LogP contribution >= 0.6 is 15.6 Å². The first-order chi connectivity index (χ1) is 47.1. The van der Waals surface area contributed by atoms with Gasteiger partial charge >= 0.3 is 39.5 Å². The molecule has 0 aromatic rings. The summed E-state index contributed by atoms with van der Waals surface area (Å²) in [5, 5.41) is 10.6. The van der Waals surface area contributed by atoms with Crippen molar-refractivity contribution >= 4 is 39.5 Å². The Bertz CT molecular complexity index is 1860. The summed E-state index contributed by atoms with van der Waals surface area (Å²) in [5.74, 6) is -1.38. The molecule has 0 spiro atoms. The second-order valence-electron chi connectivity index (χ2n) is 28.3. The van der Waals surface area contributed by atoms with Crippen molar-refractivity contribution in [3.63, 3.8) is 0 Å². The number of phosphoric acid groups is 2. The fourth-order valence-electron chi connectivity index (χ4n) is 12.0. The van der Waals surface area contributed by atoms with Gasteiger partial charge in [-0.3, -0.25) is 37.3 Å². The van der Waals surface area contributed by atoms with E-state index in [-0.39, 0.29) is 25.7 Å². The molecular formula is C78H152O17P2. The Hall–Kier alpha value is -1.94. The lowest BCUT2D eigenvalue weighted by molar-refractivity contribution is -0.161. The minimum Gasteiger partial charge on any atom is -0.462 e. The van der Waals surface area contributed by atoms with Crippen molar-refractivity contribution in [1.29, 1.82) is 0 Å². The first-order valence-electron chi connectivity index (χ1n) is 40.7. The number of rotatable bonds is 78. The molecule has 0 fully saturated rings. The van der Waals surface area contributed by atoms with Gasteiger partial charge in [-0.25, -0.2) is 9.13 Å². The molecular weight excluding hydrogens is 1270 g/mol. The molecule has 0 saturated carbocycles. The molecule has 0 aromatic heterocycles. The minimum absolute atomic E-state index is 0.107. The molecule has 6 atom stereocenters. The van der Waals surface area contributed by atoms with Crippen molar-refractivity contribution in [1.82, 2.24) is 0 Å². The van der Waals surface area contributed by atoms with Crippen molar-refractivity contribution in [2.24, 2.45) is 5.92 Å². The minimum atomic E-state index is -4.96. The Labute approximate surface area is 594 Å². The maximum atomic E-state index is 13.1. The van der Waals surface area contributed by atoms with Crippen LogP contribution in [0.5, 0.6) is 0 Å². The first-order valence-corrected chi connectivity index (χ1v) is 43.7. The van der Waals surface area contributed by atoms with E-state index in [2.05, 4.69) is 34.6 Å². The largest absolute Gasteiger partial charge is 0.472 e. The molecule has 97 heavy (non-hydrogen) atoms. The summed E-state index contributed by atoms with van der Waals surface area (Å²) < 4.78 is 68.6. The van der Waals surface area contributed by atoms with Crippen LogP contribution in [0.15, 0.2) is 0 Å². The monoisotopic (exact) mass is 1420 g/mol. The van der Waals surface area contributed by atoms with E-state index in [0.29, 0.717) is 25.7 Å². The van der Waals surface area contributed by atoms with Gasteiger partial charge in [-0.05, 0) is 31.6 Å². The molecule has 0 rings (SSSR count). The van der Waals surface area contributed by atoms with E-state index in [0.717, 1.165) is 102 Å². The van der Waals surface area contributed by atoms with Gasteiger partial charge in [0.05, 0.1) is 26.4 Å². The van der Waals surface area contributed by atoms with Gasteiger partial charge in [-0.1, -0.05) is 362 Å². The number of phosphoric ester groups is 2. The number of hydrogen-bond donors (Lipinski definition) is 3. The fourth-order valence-corrected chi connectivity index (χ4v) is 13.6. The smallest absolute Gasteiger partial charge is 0.462 e. The number of aliphatic hydroxyl groups excluding tert-OH is 1. The fraction of sp³-hybridized carbons (Fsp3) is 0.949. The normalized spacial score (nSPS) is 14.2. The van der Waals surface area contributed by atoms with E-state index < -0.39 is 97.5 Å². The lowest BCUT2D eigenvalue weighted by Crippen LogP contribution is -2.30. The molecule has 3 N–H and O–H groups in total. The third kappa shape index (κ3) is 70.9. The molecule has 3 unspecified atom stereocenters. The van der Waals surface area contributed by atoms with Crippen LogP contribution in [0, 0.1) is 5.92 Å². The van der Waals surface area contributed by atoms with Crippen LogP contribution in [0.25, 0.3) is 0 Å². The molecule has 0 aliphatic carbocycles. The number of aliphatic hydroxyl groups is 1. The Morgan fingerprint density at radius 1 is 0.289 bits per heavy atom. The number of esters is 4. The Kier molecular flexibility index (Phi) is 69.6. The van der Waals surface area contributed by atoms with Gasteiger partial charge in [0.1, 0.15) is 19.3 Å². The maximum absolute atomic E-state index is 13.1. The zero-order valence-corrected chi connectivity index (χ0v) is 65.0. The van der Waals surface area contributed by atoms with Gasteiger partial charge in [0.15, 0.2) is 12.2 Å². The van der Waals surface area contributed by atoms with Gasteiger partial charge < -0.3 is 33.8 Å². The van der Waals surface area contributed by atoms with Crippen molar-refractivity contribution in [2.45, 2.75) is 432 Å². The Morgan fingerprint density at radius 2 is 0.495 bits per heavy atom. The van der Waals surface area contributed by atoms with Crippen LogP contribution in [-0.2, 0) is 65.4 Å². The van der Waals surface area contributed by atoms with E-state index in [1.807, 2.05) is 0 Å². The molecule has 0 saturated heterocycles. The molecule has 0 aliphatic heterocycles. The Balaban J connectivity index is 5.25. The average molecular weight is 1420 g/mol. The molecule has 0 bridgehead atoms. The molecule has 0 radical (unpaired) electrons. The predicted molar refractivity (Wildman–Crippen MR) is 395 cm³/mol. The van der Waals surface area contributed by atoms with Crippen LogP contribution in [0.3, 0.4) is 0 Å². The molecule has 0 aromatic carbocycles. The highest BCUT2D eigenvalue weighted by Gasteiger charge is 2.30. The van der Waals surface area contributed by atoms with Crippen molar-refractivity contribution in [2.75, 3.05) is 39.6 Å². The number of ether oxygens (including phenoxy) is 4. The lowest BCUT2D eigenvalue weighted by Gasteiger charge is -2.21. The summed E-state index contributed by atoms with van der Waals surface area (Å²) >= 11 is 0. The van der Waals surface area contributed by atoms with E-state index >= 15 is 0 Å². The third-order valence-electron chi connectivity index (χ3n) is 18.6. The van der Waals surface area contributed by atoms with E-state index in [4.69, 9.17) is 37.0 Å². The molecule has 0 amide bonds. The highest BCUT2D eigenvalue weighted by Crippen LogP contribution is 2.45. The van der Waals surface area contributed by atoms with Crippen molar-refractivity contribution in [3.8, 4) is 0 Å². The van der Waals surface area contributed by atoms with Gasteiger partial charge in [0, 0.05) is 25.7 Å². The molecule has 17 nitrogen and oxygen atoms in total. The lowest BCUT2D eigenvalue weighted by atomic mass is 10.00. The topological polar surface area (TPSA) is 237 Å². The van der Waals surface area contributed by atoms with Crippen LogP contribution in [0.1, 0.15) is 413 Å². The number of carbonyl (C=O) groups is 4. The summed E-state index contributed by atoms with van der Waals surface area (Å²) in [6.45, 7) is 7.28. The van der Waals surface area contributed by atoms with Crippen LogP contribution in [0.4, 0.5) is 0 Å². The summed E-state index contributed by atoms with van der Waals surface area (Å²) in [7, 11) is -9.91. The highest BCUT2D eigenvalue weighted by atomic mass is 31.2. The predicted octanol–water partition coefficient (Wildman–Crippen LogP) is 23.3. The van der Waals surface area contributed by atoms with Crippen LogP contribution in [-0.4, -0.2) is 96.7 Å². The number of hydrogen-bond acceptors (Lipinski definition) is 15. The Morgan fingerprint density at radius 3 is 0.732 bits per heavy atom. The molecule has 0 heterocycles. The van der Waals surface area contributed by atoms with Gasteiger partial charge in [-0.15, -0.1) is 0 Å². The zero-order valence-electron chi connectivity index (χ0n) is 63.2. The van der Waals surface area contributed by atoms with Crippen LogP contribution in [0.2, 0.25) is 0 Å². The van der Waals surface area contributed by atoms with Gasteiger partial charge in [0.2, 0.25) is 0 Å². The summed E-state index contributed by atoms with van der Waals surface area (Å²) in [6.07, 6.45) is 61.0. The summed E-state index contributed by atoms with van der Waals surface area (Å²) in [4.78, 5) is 72.9. The standard InChI is InChI=1S/C78H152O17P2/c1-6-10-13-16-19-22-25-28-31-33-35-38-41-44-47-54-59-64-77(82)94-73(67-88-75(80)61-56-51-45-42-39-37-34-32-29-26-23-20-17-14-11-7-2)69-92-96(84,85)90-65-72(79)66-91-97(86,87)93-70-74(68-89-76(81)62-57-52-49-48-50-55-60-71(5)9-4)95-78(83)63-58-53-46-43-40-36-30-27-24-21-18-15-12-8-3/h71-74,79H,6-70H2,1-5H3,(H,84,85)(H,86,87)/t71?,72-,73-,74-/m1/s1. The second kappa shape index (κ2) is 71.1. The van der Waals surface area contributed by atoms with Gasteiger partial charge in [-0.2, -0.15) is 0 Å². The van der Waals surface area contributed by atoms with E-state index in [1.165, 1.54) is 231 Å². The van der Waals surface area contributed by atoms with E-state index in [9.17, 15) is 43.2 Å². The maximum Gasteiger partial charge on any atom is 0.472 e. The second-order valence-corrected chi connectivity index (χ2v) is 31.3. The molecule has 0 aliphatic rings. The SMILES string of the molecule is CCCCCCCCCCCCCCCCCCCC(=O)O[C@H](COC(=O)CCCCCCCCCCCCCCCCCC)COP(=O)(O)OC[C@@H](O)COP(=O)(O)OC[C@@H](COC(=O)CCCCCCCCC(C)CC)OC(=O)CCCCCCCCCCCCCCCC. The van der Waals surface area contributed by atoms with E-state index in [1.54, 1.807) is 0 Å². The summed E-state index contributed by atoms with van der Waals surface area (Å²) in [6, 6.07) is 0. The highest BCUT2D eigenvalue weighted by molar-refractivity contribution is 7.47. The van der Waals surface area contributed by atoms with Crippen LogP contribution < -0.4 is 0 Å². The average Bonchev–Trinajstić information content (AvgIpc) is 1.77. The zero-order chi connectivity index (χ0) is 71.2. The third-order valence-corrected chi connectivity index (χ3v) is 20.5. The van der Waals surface area contributed by atoms with Gasteiger partial charge in [0.25, 0.3) is 0 Å². The number of carbonyl (C=O) groups excluding carboxylic acids is 4. The quantitative estimate of drug-likeness (QED) is 0.0222. The molecule has 19 heteroatoms.